The van der Waals surface area contributed by atoms with Crippen molar-refractivity contribution in [2.45, 2.75) is 6.42 Å². The first kappa shape index (κ1) is 24.7. The topological polar surface area (TPSA) is 197 Å². The number of likely N-dealkylation sites (N-methyl/N-ethyl adjacent to an activating group) is 1. The van der Waals surface area contributed by atoms with E-state index < -0.39 is 23.9 Å². The van der Waals surface area contributed by atoms with Crippen molar-refractivity contribution in [1.82, 2.24) is 10.6 Å². The molecule has 0 aliphatic heterocycles. The predicted octanol–water partition coefficient (Wildman–Crippen LogP) is -0.140. The summed E-state index contributed by atoms with van der Waals surface area (Å²) in [6.45, 7) is 0.0417. The molecular weight excluding hydrogens is 375 g/mol. The molecule has 1 aromatic carbocycles. The Labute approximate surface area is 154 Å². The number of aliphatic carboxylic acids is 1. The van der Waals surface area contributed by atoms with Crippen LogP contribution in [0.3, 0.4) is 0 Å². The predicted molar refractivity (Wildman–Crippen MR) is 95.6 cm³/mol. The monoisotopic (exact) mass is 394 g/mol. The lowest BCUT2D eigenvalue weighted by Gasteiger charge is -2.06. The number of hydrogen-bond donors (Lipinski definition) is 7. The summed E-state index contributed by atoms with van der Waals surface area (Å²) in [7, 11) is 1.59. The maximum atomic E-state index is 11.3. The van der Waals surface area contributed by atoms with Gasteiger partial charge in [-0.1, -0.05) is 29.3 Å². The van der Waals surface area contributed by atoms with Gasteiger partial charge in [-0.3, -0.25) is 20.3 Å². The van der Waals surface area contributed by atoms with Crippen LogP contribution in [0.15, 0.2) is 18.2 Å². The lowest BCUT2D eigenvalue weighted by molar-refractivity contribution is -0.135. The van der Waals surface area contributed by atoms with E-state index in [1.807, 2.05) is 0 Å². The van der Waals surface area contributed by atoms with Gasteiger partial charge in [0.05, 0.1) is 13.0 Å². The molecule has 10 N–H and O–H groups in total. The molecule has 140 valence electrons. The molecule has 1 rings (SSSR count). The lowest BCUT2D eigenvalue weighted by Crippen LogP contribution is -2.36. The Hall–Kier alpha value is -2.56. The van der Waals surface area contributed by atoms with Crippen molar-refractivity contribution in [3.05, 3.63) is 33.8 Å². The molecule has 12 heteroatoms. The molecule has 0 aliphatic rings. The Morgan fingerprint density at radius 3 is 1.88 bits per heavy atom. The Bertz CT molecular complexity index is 588. The molecule has 3 amide bonds. The van der Waals surface area contributed by atoms with Crippen LogP contribution in [0.4, 0.5) is 4.79 Å². The molecule has 0 heterocycles. The van der Waals surface area contributed by atoms with E-state index in [1.165, 1.54) is 0 Å². The lowest BCUT2D eigenvalue weighted by atomic mass is 10.1. The number of benzene rings is 1. The number of carboxylic acid groups (broad SMARTS) is 1. The van der Waals surface area contributed by atoms with Gasteiger partial charge in [-0.05, 0) is 24.7 Å². The number of hydrogen-bond acceptors (Lipinski definition) is 5. The maximum absolute atomic E-state index is 11.3. The van der Waals surface area contributed by atoms with Crippen molar-refractivity contribution in [1.29, 1.82) is 5.41 Å². The third kappa shape index (κ3) is 16.1. The molecule has 0 aromatic heterocycles. The maximum Gasteiger partial charge on any atom is 0.317 e. The quantitative estimate of drug-likeness (QED) is 0.273. The van der Waals surface area contributed by atoms with Gasteiger partial charge in [-0.2, -0.15) is 0 Å². The normalized spacial score (nSPS) is 8.76. The Morgan fingerprint density at radius 1 is 1.16 bits per heavy atom. The van der Waals surface area contributed by atoms with Crippen molar-refractivity contribution in [3.63, 3.8) is 0 Å². The zero-order valence-corrected chi connectivity index (χ0v) is 14.8. The minimum absolute atomic E-state index is 0.00190. The van der Waals surface area contributed by atoms with E-state index in [-0.39, 0.29) is 13.0 Å². The van der Waals surface area contributed by atoms with Gasteiger partial charge in [-0.15, -0.1) is 0 Å². The highest BCUT2D eigenvalue weighted by molar-refractivity contribution is 6.36. The van der Waals surface area contributed by atoms with E-state index in [0.29, 0.717) is 15.6 Å². The van der Waals surface area contributed by atoms with Crippen LogP contribution in [0, 0.1) is 5.41 Å². The van der Waals surface area contributed by atoms with Crippen LogP contribution < -0.4 is 27.8 Å². The number of carboxylic acids is 1. The third-order valence-electron chi connectivity index (χ3n) is 2.00. The molecule has 1 aromatic rings. The highest BCUT2D eigenvalue weighted by Crippen LogP contribution is 2.24. The fourth-order valence-corrected chi connectivity index (χ4v) is 1.74. The molecule has 0 radical (unpaired) electrons. The van der Waals surface area contributed by atoms with Crippen molar-refractivity contribution in [3.8, 4) is 0 Å². The smallest absolute Gasteiger partial charge is 0.317 e. The van der Waals surface area contributed by atoms with Gasteiger partial charge < -0.3 is 27.6 Å². The van der Waals surface area contributed by atoms with Crippen LogP contribution in [0.5, 0.6) is 0 Å². The zero-order chi connectivity index (χ0) is 20.0. The van der Waals surface area contributed by atoms with Gasteiger partial charge in [0, 0.05) is 10.0 Å². The van der Waals surface area contributed by atoms with Crippen LogP contribution in [0.25, 0.3) is 0 Å². The van der Waals surface area contributed by atoms with Crippen LogP contribution in [0.1, 0.15) is 5.56 Å². The number of primary amides is 2. The number of guanidine groups is 1. The second kappa shape index (κ2) is 13.8. The number of nitrogens with two attached hydrogens (primary N) is 3. The zero-order valence-electron chi connectivity index (χ0n) is 13.3. The van der Waals surface area contributed by atoms with E-state index in [1.54, 1.807) is 25.2 Å². The molecule has 0 unspecified atom stereocenters. The number of carbonyl (C=O) groups is 3. The van der Waals surface area contributed by atoms with E-state index in [4.69, 9.17) is 44.2 Å². The summed E-state index contributed by atoms with van der Waals surface area (Å²) >= 11 is 11.7. The van der Waals surface area contributed by atoms with E-state index in [0.717, 1.165) is 0 Å². The van der Waals surface area contributed by atoms with Gasteiger partial charge in [0.15, 0.2) is 5.96 Å². The van der Waals surface area contributed by atoms with Crippen molar-refractivity contribution < 1.29 is 19.5 Å². The van der Waals surface area contributed by atoms with Gasteiger partial charge in [0.1, 0.15) is 0 Å². The summed E-state index contributed by atoms with van der Waals surface area (Å²) in [4.78, 5) is 29.8. The number of rotatable bonds is 4. The first-order chi connectivity index (χ1) is 11.5. The minimum atomic E-state index is -0.833. The Balaban J connectivity index is 0. The summed E-state index contributed by atoms with van der Waals surface area (Å²) in [5, 5.41) is 20.2. The number of halogens is 2. The summed E-state index contributed by atoms with van der Waals surface area (Å²) in [6, 6.07) is 4.14. The van der Waals surface area contributed by atoms with Crippen LogP contribution >= 0.6 is 23.2 Å². The molecule has 0 saturated heterocycles. The molecule has 10 nitrogen and oxygen atoms in total. The third-order valence-corrected chi connectivity index (χ3v) is 2.71. The largest absolute Gasteiger partial charge is 0.480 e. The standard InChI is InChI=1S/C9H9Cl2N3O.C3H7NO2.CH4N2O/c10-6-2-1-3-7(11)5(6)4-8(15)14-9(12)13;1-4-2-3(5)6;2-1(3)4/h1-3H,4H2,(H4,12,13,14,15);4H,2H2,1H3,(H,5,6);(H4,2,3,4). The van der Waals surface area contributed by atoms with Gasteiger partial charge in [0.25, 0.3) is 0 Å². The molecule has 25 heavy (non-hydrogen) atoms. The van der Waals surface area contributed by atoms with Crippen molar-refractivity contribution in [2.24, 2.45) is 17.2 Å². The van der Waals surface area contributed by atoms with E-state index >= 15 is 0 Å². The van der Waals surface area contributed by atoms with Gasteiger partial charge >= 0.3 is 12.0 Å². The summed E-state index contributed by atoms with van der Waals surface area (Å²) < 4.78 is 0. The average Bonchev–Trinajstić information content (AvgIpc) is 2.42. The number of carbonyl (C=O) groups excluding carboxylic acids is 2. The number of urea groups is 1. The fourth-order valence-electron chi connectivity index (χ4n) is 1.21. The average molecular weight is 395 g/mol. The molecule has 0 spiro atoms. The molecule has 0 fully saturated rings. The molecule has 0 bridgehead atoms. The van der Waals surface area contributed by atoms with Crippen LogP contribution in [-0.4, -0.2) is 42.6 Å². The van der Waals surface area contributed by atoms with Gasteiger partial charge in [-0.25, -0.2) is 4.79 Å². The number of amides is 3. The van der Waals surface area contributed by atoms with Crippen molar-refractivity contribution >= 4 is 47.1 Å². The molecule has 0 saturated carbocycles. The highest BCUT2D eigenvalue weighted by Gasteiger charge is 2.10. The minimum Gasteiger partial charge on any atom is -0.480 e. The van der Waals surface area contributed by atoms with Gasteiger partial charge in [0.2, 0.25) is 5.91 Å². The second-order valence-corrected chi connectivity index (χ2v) is 4.98. The Morgan fingerprint density at radius 2 is 1.60 bits per heavy atom. The SMILES string of the molecule is CNCC(=O)O.N=C(N)NC(=O)Cc1c(Cl)cccc1Cl.NC(N)=O. The second-order valence-electron chi connectivity index (χ2n) is 4.17. The van der Waals surface area contributed by atoms with E-state index in [9.17, 15) is 9.59 Å². The van der Waals surface area contributed by atoms with Crippen LogP contribution in [-0.2, 0) is 16.0 Å². The first-order valence-corrected chi connectivity index (χ1v) is 7.24. The molecular formula is C13H20Cl2N6O4. The number of nitrogens with one attached hydrogen (secondary N) is 3. The van der Waals surface area contributed by atoms with Crippen LogP contribution in [0.2, 0.25) is 10.0 Å². The van der Waals surface area contributed by atoms with E-state index in [2.05, 4.69) is 22.1 Å². The molecule has 0 atom stereocenters. The first-order valence-electron chi connectivity index (χ1n) is 6.49. The molecule has 0 aliphatic carbocycles. The summed E-state index contributed by atoms with van der Waals surface area (Å²) in [5.41, 5.74) is 14.0. The fraction of sp³-hybridized carbons (Fsp3) is 0.231. The highest BCUT2D eigenvalue weighted by atomic mass is 35.5. The summed E-state index contributed by atoms with van der Waals surface area (Å²) in [5.74, 6) is -1.64. The Kier molecular flexibility index (Phi) is 13.7. The summed E-state index contributed by atoms with van der Waals surface area (Å²) in [6.07, 6.45) is -0.00190. The van der Waals surface area contributed by atoms with Crippen molar-refractivity contribution in [2.75, 3.05) is 13.6 Å².